The monoisotopic (exact) mass is 425 g/mol. The second kappa shape index (κ2) is 8.08. The Kier molecular flexibility index (Phi) is 5.12. The van der Waals surface area contributed by atoms with Gasteiger partial charge in [-0.25, -0.2) is 0 Å². The van der Waals surface area contributed by atoms with Gasteiger partial charge in [0.15, 0.2) is 0 Å². The van der Waals surface area contributed by atoms with Crippen LogP contribution < -0.4 is 0 Å². The second-order valence-electron chi connectivity index (χ2n) is 7.82. The number of aromatic amines is 1. The van der Waals surface area contributed by atoms with E-state index in [1.807, 2.05) is 23.1 Å². The highest BCUT2D eigenvalue weighted by Gasteiger charge is 2.42. The standard InChI is InChI=1S/C26H23N3OS/c1-17-8-10-19(11-9-17)23-22-24(28-27-23)26(30)29(16-18-6-4-3-5-7-18)25(22)20-12-14-21(31-2)15-13-20/h3-15,25H,16H2,1-2H3,(H,27,28). The highest BCUT2D eigenvalue weighted by molar-refractivity contribution is 7.98. The number of fused-ring (bicyclic) bond motifs is 1. The zero-order chi connectivity index (χ0) is 21.4. The number of benzene rings is 3. The molecule has 0 fully saturated rings. The van der Waals surface area contributed by atoms with Gasteiger partial charge in [-0.3, -0.25) is 9.89 Å². The molecule has 4 aromatic rings. The van der Waals surface area contributed by atoms with E-state index >= 15 is 0 Å². The van der Waals surface area contributed by atoms with Crippen molar-refractivity contribution in [2.75, 3.05) is 6.26 Å². The minimum absolute atomic E-state index is 0.0105. The van der Waals surface area contributed by atoms with Crippen molar-refractivity contribution in [1.82, 2.24) is 15.1 Å². The van der Waals surface area contributed by atoms with Crippen molar-refractivity contribution < 1.29 is 4.79 Å². The third kappa shape index (κ3) is 3.55. The van der Waals surface area contributed by atoms with E-state index in [1.165, 1.54) is 10.5 Å². The molecule has 1 aliphatic rings. The number of H-pyrrole nitrogens is 1. The van der Waals surface area contributed by atoms with Gasteiger partial charge in [0.1, 0.15) is 5.69 Å². The first-order valence-corrected chi connectivity index (χ1v) is 11.5. The Morgan fingerprint density at radius 2 is 1.68 bits per heavy atom. The van der Waals surface area contributed by atoms with Gasteiger partial charge in [-0.05, 0) is 36.4 Å². The van der Waals surface area contributed by atoms with E-state index in [0.717, 1.165) is 27.9 Å². The van der Waals surface area contributed by atoms with Crippen LogP contribution >= 0.6 is 11.8 Å². The third-order valence-corrected chi connectivity index (χ3v) is 6.56. The Balaban J connectivity index is 1.63. The number of nitrogens with one attached hydrogen (secondary N) is 1. The summed E-state index contributed by atoms with van der Waals surface area (Å²) in [7, 11) is 0. The zero-order valence-corrected chi connectivity index (χ0v) is 18.3. The first-order valence-electron chi connectivity index (χ1n) is 10.3. The molecule has 5 heteroatoms. The van der Waals surface area contributed by atoms with Gasteiger partial charge >= 0.3 is 0 Å². The summed E-state index contributed by atoms with van der Waals surface area (Å²) in [5.74, 6) is -0.0105. The molecule has 5 rings (SSSR count). The van der Waals surface area contributed by atoms with E-state index in [9.17, 15) is 4.79 Å². The fraction of sp³-hybridized carbons (Fsp3) is 0.154. The molecule has 154 valence electrons. The molecule has 1 atom stereocenters. The van der Waals surface area contributed by atoms with Gasteiger partial charge in [0.25, 0.3) is 5.91 Å². The van der Waals surface area contributed by atoms with Crippen molar-refractivity contribution in [2.24, 2.45) is 0 Å². The quantitative estimate of drug-likeness (QED) is 0.408. The topological polar surface area (TPSA) is 49.0 Å². The summed E-state index contributed by atoms with van der Waals surface area (Å²) in [6.45, 7) is 2.62. The Morgan fingerprint density at radius 1 is 0.968 bits per heavy atom. The Bertz CT molecular complexity index is 1210. The van der Waals surface area contributed by atoms with E-state index in [-0.39, 0.29) is 11.9 Å². The minimum atomic E-state index is -0.186. The van der Waals surface area contributed by atoms with Crippen LogP contribution in [0.4, 0.5) is 0 Å². The summed E-state index contributed by atoms with van der Waals surface area (Å²) >= 11 is 1.71. The largest absolute Gasteiger partial charge is 0.322 e. The number of hydrogen-bond donors (Lipinski definition) is 1. The van der Waals surface area contributed by atoms with E-state index in [4.69, 9.17) is 0 Å². The first-order chi connectivity index (χ1) is 15.2. The van der Waals surface area contributed by atoms with Crippen LogP contribution in [-0.2, 0) is 6.54 Å². The lowest BCUT2D eigenvalue weighted by Gasteiger charge is -2.26. The van der Waals surface area contributed by atoms with Gasteiger partial charge in [0, 0.05) is 22.6 Å². The molecule has 1 amide bonds. The maximum Gasteiger partial charge on any atom is 0.273 e. The third-order valence-electron chi connectivity index (χ3n) is 5.82. The van der Waals surface area contributed by atoms with E-state index in [1.54, 1.807) is 11.8 Å². The summed E-state index contributed by atoms with van der Waals surface area (Å²) in [5.41, 5.74) is 6.81. The van der Waals surface area contributed by atoms with Crippen molar-refractivity contribution >= 4 is 17.7 Å². The van der Waals surface area contributed by atoms with Crippen molar-refractivity contribution in [2.45, 2.75) is 24.4 Å². The summed E-state index contributed by atoms with van der Waals surface area (Å²) in [4.78, 5) is 16.6. The fourth-order valence-corrected chi connectivity index (χ4v) is 4.61. The Hall–Kier alpha value is -3.31. The highest BCUT2D eigenvalue weighted by atomic mass is 32.2. The van der Waals surface area contributed by atoms with Crippen LogP contribution in [0.5, 0.6) is 0 Å². The van der Waals surface area contributed by atoms with Crippen molar-refractivity contribution in [1.29, 1.82) is 0 Å². The number of carbonyl (C=O) groups excluding carboxylic acids is 1. The lowest BCUT2D eigenvalue weighted by atomic mass is 9.95. The maximum atomic E-state index is 13.5. The lowest BCUT2D eigenvalue weighted by molar-refractivity contribution is 0.0730. The van der Waals surface area contributed by atoms with Gasteiger partial charge in [-0.2, -0.15) is 5.10 Å². The number of rotatable bonds is 5. The van der Waals surface area contributed by atoms with Crippen LogP contribution in [0.1, 0.15) is 38.8 Å². The number of nitrogens with zero attached hydrogens (tertiary/aromatic N) is 2. The molecule has 1 N–H and O–H groups in total. The van der Waals surface area contributed by atoms with Gasteiger partial charge < -0.3 is 4.90 Å². The van der Waals surface area contributed by atoms with Crippen LogP contribution in [0.15, 0.2) is 83.8 Å². The molecule has 0 bridgehead atoms. The number of amides is 1. The van der Waals surface area contributed by atoms with Crippen molar-refractivity contribution in [3.8, 4) is 11.3 Å². The number of thioether (sulfide) groups is 1. The van der Waals surface area contributed by atoms with Crippen molar-refractivity contribution in [3.05, 3.63) is 107 Å². The molecule has 0 spiro atoms. The molecular weight excluding hydrogens is 402 g/mol. The van der Waals surface area contributed by atoms with Gasteiger partial charge in [-0.15, -0.1) is 11.8 Å². The molecule has 0 saturated carbocycles. The van der Waals surface area contributed by atoms with Crippen LogP contribution in [0.3, 0.4) is 0 Å². The fourth-order valence-electron chi connectivity index (χ4n) is 4.20. The second-order valence-corrected chi connectivity index (χ2v) is 8.70. The van der Waals surface area contributed by atoms with E-state index < -0.39 is 0 Å². The van der Waals surface area contributed by atoms with Gasteiger partial charge in [-0.1, -0.05) is 72.3 Å². The average molecular weight is 426 g/mol. The Labute approximate surface area is 186 Å². The molecule has 1 unspecified atom stereocenters. The zero-order valence-electron chi connectivity index (χ0n) is 17.5. The van der Waals surface area contributed by atoms with Gasteiger partial charge in [0.05, 0.1) is 11.7 Å². The van der Waals surface area contributed by atoms with E-state index in [2.05, 4.69) is 84.0 Å². The predicted molar refractivity (Wildman–Crippen MR) is 125 cm³/mol. The van der Waals surface area contributed by atoms with E-state index in [0.29, 0.717) is 12.2 Å². The smallest absolute Gasteiger partial charge is 0.273 e. The molecule has 31 heavy (non-hydrogen) atoms. The van der Waals surface area contributed by atoms with Gasteiger partial charge in [0.2, 0.25) is 0 Å². The number of aromatic nitrogens is 2. The molecule has 1 aliphatic heterocycles. The molecule has 0 saturated heterocycles. The molecule has 1 aromatic heterocycles. The summed E-state index contributed by atoms with van der Waals surface area (Å²) < 4.78 is 0. The minimum Gasteiger partial charge on any atom is -0.322 e. The maximum absolute atomic E-state index is 13.5. The SMILES string of the molecule is CSc1ccc(C2c3c(-c4ccc(C)cc4)n[nH]c3C(=O)N2Cc2ccccc2)cc1. The predicted octanol–water partition coefficient (Wildman–Crippen LogP) is 5.85. The molecular formula is C26H23N3OS. The van der Waals surface area contributed by atoms with Crippen LogP contribution in [-0.4, -0.2) is 27.3 Å². The highest BCUT2D eigenvalue weighted by Crippen LogP contribution is 2.43. The average Bonchev–Trinajstić information content (AvgIpc) is 3.35. The van der Waals surface area contributed by atoms with Crippen LogP contribution in [0.25, 0.3) is 11.3 Å². The Morgan fingerprint density at radius 3 is 2.35 bits per heavy atom. The number of aryl methyl sites for hydroxylation is 1. The summed E-state index contributed by atoms with van der Waals surface area (Å²) in [6, 6.07) is 26.8. The first kappa shape index (κ1) is 19.6. The van der Waals surface area contributed by atoms with Crippen LogP contribution in [0.2, 0.25) is 0 Å². The molecule has 3 aromatic carbocycles. The number of carbonyl (C=O) groups is 1. The molecule has 0 radical (unpaired) electrons. The molecule has 4 nitrogen and oxygen atoms in total. The summed E-state index contributed by atoms with van der Waals surface area (Å²) in [5, 5.41) is 7.60. The molecule has 2 heterocycles. The lowest BCUT2D eigenvalue weighted by Crippen LogP contribution is -2.29. The number of hydrogen-bond acceptors (Lipinski definition) is 3. The van der Waals surface area contributed by atoms with Crippen molar-refractivity contribution in [3.63, 3.8) is 0 Å². The molecule has 0 aliphatic carbocycles. The van der Waals surface area contributed by atoms with Crippen LogP contribution in [0, 0.1) is 6.92 Å². The normalized spacial score (nSPS) is 15.4. The summed E-state index contributed by atoms with van der Waals surface area (Å²) in [6.07, 6.45) is 2.07.